The number of hydrogen-bond acceptors (Lipinski definition) is 5. The highest BCUT2D eigenvalue weighted by molar-refractivity contribution is 6.02. The average molecular weight is 586 g/mol. The van der Waals surface area contributed by atoms with Crippen LogP contribution in [0.15, 0.2) is 60.7 Å². The first kappa shape index (κ1) is 29.4. The van der Waals surface area contributed by atoms with Crippen molar-refractivity contribution in [1.29, 1.82) is 0 Å². The number of likely N-dealkylation sites (tertiary alicyclic amines) is 1. The normalized spacial score (nSPS) is 32.7. The molecule has 3 heterocycles. The second kappa shape index (κ2) is 11.5. The van der Waals surface area contributed by atoms with Crippen LogP contribution in [0.1, 0.15) is 64.0 Å². The Balaban J connectivity index is 1.32. The van der Waals surface area contributed by atoms with Crippen molar-refractivity contribution in [1.82, 2.24) is 10.2 Å². The Bertz CT molecular complexity index is 1420. The monoisotopic (exact) mass is 585 g/mol. The second-order valence-corrected chi connectivity index (χ2v) is 13.1. The molecule has 0 unspecified atom stereocenters. The zero-order chi connectivity index (χ0) is 30.5. The van der Waals surface area contributed by atoms with Gasteiger partial charge in [-0.2, -0.15) is 0 Å². The Labute approximate surface area is 254 Å². The molecule has 2 aromatic rings. The van der Waals surface area contributed by atoms with Gasteiger partial charge in [-0.15, -0.1) is 0 Å². The van der Waals surface area contributed by atoms with E-state index in [-0.39, 0.29) is 30.3 Å². The van der Waals surface area contributed by atoms with Crippen LogP contribution in [-0.2, 0) is 25.7 Å². The molecule has 8 atom stereocenters. The maximum Gasteiger partial charge on any atom is 0.246 e. The van der Waals surface area contributed by atoms with Crippen molar-refractivity contribution in [3.05, 3.63) is 71.8 Å². The van der Waals surface area contributed by atoms with Crippen molar-refractivity contribution in [3.8, 4) is 5.75 Å². The lowest BCUT2D eigenvalue weighted by atomic mass is 9.73. The van der Waals surface area contributed by atoms with E-state index in [0.29, 0.717) is 29.2 Å². The molecule has 2 bridgehead atoms. The minimum atomic E-state index is -1.22. The molecule has 1 aliphatic carbocycles. The van der Waals surface area contributed by atoms with E-state index in [9.17, 15) is 14.4 Å². The quantitative estimate of drug-likeness (QED) is 0.423. The van der Waals surface area contributed by atoms with Gasteiger partial charge < -0.3 is 25.0 Å². The Morgan fingerprint density at radius 2 is 1.81 bits per heavy atom. The van der Waals surface area contributed by atoms with E-state index in [4.69, 9.17) is 9.47 Å². The van der Waals surface area contributed by atoms with E-state index in [1.807, 2.05) is 60.7 Å². The fourth-order valence-corrected chi connectivity index (χ4v) is 7.68. The fraction of sp³-hybridized carbons (Fsp3) is 0.514. The zero-order valence-corrected chi connectivity index (χ0v) is 25.7. The summed E-state index contributed by atoms with van der Waals surface area (Å²) in [4.78, 5) is 44.1. The molecule has 8 heteroatoms. The lowest BCUT2D eigenvalue weighted by Crippen LogP contribution is -2.57. The third kappa shape index (κ3) is 5.03. The first-order valence-corrected chi connectivity index (χ1v) is 15.7. The van der Waals surface area contributed by atoms with Crippen LogP contribution < -0.4 is 15.4 Å². The molecule has 0 radical (unpaired) electrons. The lowest BCUT2D eigenvalue weighted by Gasteiger charge is -2.38. The largest absolute Gasteiger partial charge is 0.496 e. The standard InChI is InChI=1S/C35H43N3O5/c1-20(2)23-13-15-25(16-14-23)36-32(39)29-28-17-18-35(43-28)30(29)34(41)38(19-24-10-6-7-12-27(24)42-5)31(35)33(40)37-26-11-8-9-21(3)22(26)4/h6-7,10,12-18,20-22,26,28-31H,8-9,11,19H2,1-5H3,(H,36,39)(H,37,40)/t21-,22+,26-,28-,29-,30-,31+,35+/m1/s1. The van der Waals surface area contributed by atoms with Gasteiger partial charge in [0.05, 0.1) is 31.6 Å². The Hall–Kier alpha value is -3.65. The molecule has 1 saturated carbocycles. The number of carbonyl (C=O) groups is 3. The summed E-state index contributed by atoms with van der Waals surface area (Å²) in [6, 6.07) is 14.4. The molecule has 4 aliphatic rings. The summed E-state index contributed by atoms with van der Waals surface area (Å²) in [5.74, 6) is -0.491. The summed E-state index contributed by atoms with van der Waals surface area (Å²) >= 11 is 0. The minimum absolute atomic E-state index is 0.0189. The fourth-order valence-electron chi connectivity index (χ4n) is 7.68. The van der Waals surface area contributed by atoms with Crippen molar-refractivity contribution < 1.29 is 23.9 Å². The number of benzene rings is 2. The highest BCUT2D eigenvalue weighted by Crippen LogP contribution is 2.55. The number of amides is 3. The topological polar surface area (TPSA) is 97.0 Å². The smallest absolute Gasteiger partial charge is 0.246 e. The Morgan fingerprint density at radius 3 is 2.53 bits per heavy atom. The van der Waals surface area contributed by atoms with Gasteiger partial charge in [0.15, 0.2) is 0 Å². The van der Waals surface area contributed by atoms with Crippen LogP contribution in [0, 0.1) is 23.7 Å². The van der Waals surface area contributed by atoms with Gasteiger partial charge >= 0.3 is 0 Å². The number of nitrogens with zero attached hydrogens (tertiary/aromatic N) is 1. The number of rotatable bonds is 8. The molecule has 6 rings (SSSR count). The van der Waals surface area contributed by atoms with Gasteiger partial charge in [-0.1, -0.05) is 83.0 Å². The number of hydrogen-bond donors (Lipinski definition) is 2. The van der Waals surface area contributed by atoms with Crippen LogP contribution in [0.2, 0.25) is 0 Å². The van der Waals surface area contributed by atoms with Crippen molar-refractivity contribution in [2.45, 2.75) is 83.2 Å². The molecule has 2 N–H and O–H groups in total. The van der Waals surface area contributed by atoms with Gasteiger partial charge in [0.25, 0.3) is 0 Å². The summed E-state index contributed by atoms with van der Waals surface area (Å²) in [5, 5.41) is 6.34. The molecule has 2 saturated heterocycles. The summed E-state index contributed by atoms with van der Waals surface area (Å²) in [6.07, 6.45) is 6.24. The number of nitrogens with one attached hydrogen (secondary N) is 2. The molecule has 0 aromatic heterocycles. The van der Waals surface area contributed by atoms with E-state index in [1.165, 1.54) is 5.56 Å². The maximum absolute atomic E-state index is 14.4. The van der Waals surface area contributed by atoms with E-state index in [0.717, 1.165) is 24.8 Å². The summed E-state index contributed by atoms with van der Waals surface area (Å²) < 4.78 is 12.1. The molecular formula is C35H43N3O5. The van der Waals surface area contributed by atoms with Crippen LogP contribution in [0.4, 0.5) is 5.69 Å². The highest BCUT2D eigenvalue weighted by atomic mass is 16.5. The summed E-state index contributed by atoms with van der Waals surface area (Å²) in [7, 11) is 1.59. The molecule has 3 amide bonds. The second-order valence-electron chi connectivity index (χ2n) is 13.1. The SMILES string of the molecule is COc1ccccc1CN1C(=O)[C@H]2[C@H](C(=O)Nc3ccc(C(C)C)cc3)[C@H]3C=C[C@@]2(O3)[C@@H]1C(=O)N[C@@H]1CCC[C@@H](C)[C@@H]1C. The summed E-state index contributed by atoms with van der Waals surface area (Å²) in [5.41, 5.74) is 1.41. The van der Waals surface area contributed by atoms with Gasteiger partial charge in [0.2, 0.25) is 17.7 Å². The van der Waals surface area contributed by atoms with Gasteiger partial charge in [0.1, 0.15) is 17.4 Å². The first-order chi connectivity index (χ1) is 20.6. The van der Waals surface area contributed by atoms with Gasteiger partial charge in [-0.3, -0.25) is 14.4 Å². The predicted molar refractivity (Wildman–Crippen MR) is 164 cm³/mol. The van der Waals surface area contributed by atoms with Crippen molar-refractivity contribution in [2.24, 2.45) is 23.7 Å². The number of carbonyl (C=O) groups excluding carboxylic acids is 3. The highest BCUT2D eigenvalue weighted by Gasteiger charge is 2.72. The van der Waals surface area contributed by atoms with E-state index >= 15 is 0 Å². The Morgan fingerprint density at radius 1 is 1.07 bits per heavy atom. The van der Waals surface area contributed by atoms with E-state index < -0.39 is 29.6 Å². The van der Waals surface area contributed by atoms with Gasteiger partial charge in [-0.05, 0) is 47.9 Å². The molecule has 8 nitrogen and oxygen atoms in total. The zero-order valence-electron chi connectivity index (χ0n) is 25.7. The number of para-hydroxylation sites is 1. The van der Waals surface area contributed by atoms with E-state index in [2.05, 4.69) is 38.3 Å². The van der Waals surface area contributed by atoms with Crippen LogP contribution in [0.3, 0.4) is 0 Å². The lowest BCUT2D eigenvalue weighted by molar-refractivity contribution is -0.142. The summed E-state index contributed by atoms with van der Waals surface area (Å²) in [6.45, 7) is 8.83. The van der Waals surface area contributed by atoms with E-state index in [1.54, 1.807) is 12.0 Å². The number of ether oxygens (including phenoxy) is 2. The third-order valence-corrected chi connectivity index (χ3v) is 10.3. The van der Waals surface area contributed by atoms with Crippen LogP contribution in [-0.4, -0.2) is 53.5 Å². The number of fused-ring (bicyclic) bond motifs is 1. The predicted octanol–water partition coefficient (Wildman–Crippen LogP) is 5.05. The molecule has 1 spiro atoms. The third-order valence-electron chi connectivity index (χ3n) is 10.3. The van der Waals surface area contributed by atoms with Crippen LogP contribution >= 0.6 is 0 Å². The molecular weight excluding hydrogens is 542 g/mol. The number of anilines is 1. The van der Waals surface area contributed by atoms with Crippen LogP contribution in [0.5, 0.6) is 5.75 Å². The maximum atomic E-state index is 14.4. The number of methoxy groups -OCH3 is 1. The minimum Gasteiger partial charge on any atom is -0.496 e. The molecule has 3 aliphatic heterocycles. The molecule has 43 heavy (non-hydrogen) atoms. The van der Waals surface area contributed by atoms with Crippen molar-refractivity contribution in [3.63, 3.8) is 0 Å². The van der Waals surface area contributed by atoms with Crippen molar-refractivity contribution >= 4 is 23.4 Å². The molecule has 228 valence electrons. The van der Waals surface area contributed by atoms with Crippen LogP contribution in [0.25, 0.3) is 0 Å². The Kier molecular flexibility index (Phi) is 7.84. The van der Waals surface area contributed by atoms with Gasteiger partial charge in [-0.25, -0.2) is 0 Å². The molecule has 3 fully saturated rings. The van der Waals surface area contributed by atoms with Crippen molar-refractivity contribution in [2.75, 3.05) is 12.4 Å². The molecule has 2 aromatic carbocycles. The van der Waals surface area contributed by atoms with Gasteiger partial charge in [0, 0.05) is 17.3 Å². The average Bonchev–Trinajstić information content (AvgIpc) is 3.63. The first-order valence-electron chi connectivity index (χ1n) is 15.7.